The lowest BCUT2D eigenvalue weighted by Crippen LogP contribution is -2.39. The molecular formula is C31H41NO6. The normalized spacial score (nSPS) is 13.4. The summed E-state index contributed by atoms with van der Waals surface area (Å²) in [5, 5.41) is 12.4. The molecule has 0 spiro atoms. The predicted octanol–water partition coefficient (Wildman–Crippen LogP) is 5.46. The van der Waals surface area contributed by atoms with Crippen molar-refractivity contribution in [2.45, 2.75) is 72.3 Å². The molecule has 3 atom stereocenters. The van der Waals surface area contributed by atoms with Gasteiger partial charge in [0.05, 0.1) is 18.4 Å². The Bertz CT molecular complexity index is 1050. The van der Waals surface area contributed by atoms with E-state index in [9.17, 15) is 24.3 Å². The van der Waals surface area contributed by atoms with Crippen molar-refractivity contribution in [3.8, 4) is 11.1 Å². The second kappa shape index (κ2) is 15.7. The van der Waals surface area contributed by atoms with Gasteiger partial charge >= 0.3 is 11.9 Å². The molecular weight excluding hydrogens is 482 g/mol. The maximum Gasteiger partial charge on any atom is 0.308 e. The monoisotopic (exact) mass is 523 g/mol. The van der Waals surface area contributed by atoms with Gasteiger partial charge in [0.1, 0.15) is 5.78 Å². The van der Waals surface area contributed by atoms with Crippen molar-refractivity contribution in [3.63, 3.8) is 0 Å². The molecule has 0 aromatic heterocycles. The van der Waals surface area contributed by atoms with E-state index in [0.29, 0.717) is 19.3 Å². The second-order valence-electron chi connectivity index (χ2n) is 10.3. The summed E-state index contributed by atoms with van der Waals surface area (Å²) in [7, 11) is 0. The van der Waals surface area contributed by atoms with Crippen LogP contribution in [0.3, 0.4) is 0 Å². The molecule has 0 radical (unpaired) electrons. The fourth-order valence-electron chi connectivity index (χ4n) is 4.52. The molecule has 2 rings (SSSR count). The van der Waals surface area contributed by atoms with Crippen LogP contribution in [0.2, 0.25) is 0 Å². The third-order valence-corrected chi connectivity index (χ3v) is 6.45. The third kappa shape index (κ3) is 10.9. The molecule has 0 fully saturated rings. The highest BCUT2D eigenvalue weighted by Crippen LogP contribution is 2.21. The van der Waals surface area contributed by atoms with Crippen molar-refractivity contribution in [2.24, 2.45) is 17.8 Å². The zero-order valence-corrected chi connectivity index (χ0v) is 22.9. The SMILES string of the molecule is CCOC(=O)[C@H](C)C[C@@H](Cc1ccc(-c2ccccc2)cc1)NC(=O)CCC(=O)C[C@@H](CC(C)C)C(=O)O. The van der Waals surface area contributed by atoms with E-state index in [0.717, 1.165) is 16.7 Å². The summed E-state index contributed by atoms with van der Waals surface area (Å²) in [5.41, 5.74) is 3.22. The van der Waals surface area contributed by atoms with E-state index in [1.807, 2.05) is 68.4 Å². The van der Waals surface area contributed by atoms with Gasteiger partial charge in [-0.25, -0.2) is 0 Å². The van der Waals surface area contributed by atoms with Crippen LogP contribution in [-0.2, 0) is 30.3 Å². The summed E-state index contributed by atoms with van der Waals surface area (Å²) < 4.78 is 5.14. The molecule has 2 aromatic rings. The maximum absolute atomic E-state index is 12.8. The predicted molar refractivity (Wildman–Crippen MR) is 147 cm³/mol. The first-order chi connectivity index (χ1) is 18.1. The van der Waals surface area contributed by atoms with E-state index in [2.05, 4.69) is 5.32 Å². The molecule has 0 aliphatic carbocycles. The van der Waals surface area contributed by atoms with Gasteiger partial charge in [-0.3, -0.25) is 19.2 Å². The fourth-order valence-corrected chi connectivity index (χ4v) is 4.52. The van der Waals surface area contributed by atoms with Crippen LogP contribution < -0.4 is 5.32 Å². The Morgan fingerprint density at radius 2 is 1.50 bits per heavy atom. The average Bonchev–Trinajstić information content (AvgIpc) is 2.87. The number of hydrogen-bond donors (Lipinski definition) is 2. The van der Waals surface area contributed by atoms with Crippen LogP contribution in [0.15, 0.2) is 54.6 Å². The molecule has 0 aliphatic heterocycles. The van der Waals surface area contributed by atoms with E-state index in [1.54, 1.807) is 13.8 Å². The Labute approximate surface area is 226 Å². The summed E-state index contributed by atoms with van der Waals surface area (Å²) in [6.45, 7) is 7.66. The first-order valence-corrected chi connectivity index (χ1v) is 13.4. The van der Waals surface area contributed by atoms with Gasteiger partial charge in [0.2, 0.25) is 5.91 Å². The van der Waals surface area contributed by atoms with Crippen LogP contribution >= 0.6 is 0 Å². The van der Waals surface area contributed by atoms with Crippen molar-refractivity contribution in [1.29, 1.82) is 0 Å². The van der Waals surface area contributed by atoms with E-state index < -0.39 is 17.8 Å². The van der Waals surface area contributed by atoms with E-state index in [1.165, 1.54) is 0 Å². The zero-order chi connectivity index (χ0) is 28.1. The molecule has 7 nitrogen and oxygen atoms in total. The minimum absolute atomic E-state index is 0.0143. The summed E-state index contributed by atoms with van der Waals surface area (Å²) in [6.07, 6.45) is 1.23. The highest BCUT2D eigenvalue weighted by molar-refractivity contribution is 5.87. The maximum atomic E-state index is 12.8. The van der Waals surface area contributed by atoms with Crippen molar-refractivity contribution >= 4 is 23.6 Å². The molecule has 1 amide bonds. The topological polar surface area (TPSA) is 110 Å². The summed E-state index contributed by atoms with van der Waals surface area (Å²) >= 11 is 0. The van der Waals surface area contributed by atoms with Crippen LogP contribution in [0.4, 0.5) is 0 Å². The lowest BCUT2D eigenvalue weighted by atomic mass is 9.91. The molecule has 0 aliphatic rings. The average molecular weight is 524 g/mol. The number of carbonyl (C=O) groups is 4. The van der Waals surface area contributed by atoms with Crippen molar-refractivity contribution < 1.29 is 29.0 Å². The van der Waals surface area contributed by atoms with Crippen molar-refractivity contribution in [3.05, 3.63) is 60.2 Å². The molecule has 38 heavy (non-hydrogen) atoms. The number of carbonyl (C=O) groups excluding carboxylic acids is 3. The van der Waals surface area contributed by atoms with Crippen LogP contribution in [0, 0.1) is 17.8 Å². The zero-order valence-electron chi connectivity index (χ0n) is 22.9. The number of amides is 1. The molecule has 0 saturated carbocycles. The number of carboxylic acids is 1. The largest absolute Gasteiger partial charge is 0.481 e. The summed E-state index contributed by atoms with van der Waals surface area (Å²) in [6, 6.07) is 17.8. The number of nitrogens with one attached hydrogen (secondary N) is 1. The molecule has 0 heterocycles. The first-order valence-electron chi connectivity index (χ1n) is 13.4. The molecule has 0 saturated heterocycles. The fraction of sp³-hybridized carbons (Fsp3) is 0.484. The van der Waals surface area contributed by atoms with Crippen molar-refractivity contribution in [1.82, 2.24) is 5.32 Å². The van der Waals surface area contributed by atoms with Gasteiger partial charge in [-0.05, 0) is 48.8 Å². The minimum atomic E-state index is -0.984. The van der Waals surface area contributed by atoms with Gasteiger partial charge in [0.25, 0.3) is 0 Å². The highest BCUT2D eigenvalue weighted by atomic mass is 16.5. The van der Waals surface area contributed by atoms with E-state index >= 15 is 0 Å². The molecule has 0 bridgehead atoms. The third-order valence-electron chi connectivity index (χ3n) is 6.45. The van der Waals surface area contributed by atoms with Gasteiger partial charge in [-0.1, -0.05) is 75.4 Å². The molecule has 206 valence electrons. The number of benzene rings is 2. The Morgan fingerprint density at radius 1 is 0.868 bits per heavy atom. The number of ether oxygens (including phenoxy) is 1. The summed E-state index contributed by atoms with van der Waals surface area (Å²) in [5.74, 6) is -2.80. The number of carboxylic acid groups (broad SMARTS) is 1. The Balaban J connectivity index is 2.02. The number of Topliss-reactive ketones (excluding diaryl/α,β-unsaturated/α-hetero) is 1. The van der Waals surface area contributed by atoms with Gasteiger partial charge in [0, 0.05) is 25.3 Å². The van der Waals surface area contributed by atoms with Crippen molar-refractivity contribution in [2.75, 3.05) is 6.61 Å². The summed E-state index contributed by atoms with van der Waals surface area (Å²) in [4.78, 5) is 48.9. The molecule has 2 N–H and O–H groups in total. The van der Waals surface area contributed by atoms with E-state index in [4.69, 9.17) is 4.74 Å². The van der Waals surface area contributed by atoms with Crippen LogP contribution in [0.5, 0.6) is 0 Å². The number of rotatable bonds is 16. The van der Waals surface area contributed by atoms with Crippen LogP contribution in [0.1, 0.15) is 65.4 Å². The lowest BCUT2D eigenvalue weighted by Gasteiger charge is -2.22. The van der Waals surface area contributed by atoms with Gasteiger partial charge in [-0.15, -0.1) is 0 Å². The number of aliphatic carboxylic acids is 1. The van der Waals surface area contributed by atoms with Gasteiger partial charge in [0.15, 0.2) is 0 Å². The first kappa shape index (κ1) is 30.7. The quantitative estimate of drug-likeness (QED) is 0.283. The molecule has 7 heteroatoms. The van der Waals surface area contributed by atoms with Gasteiger partial charge in [-0.2, -0.15) is 0 Å². The van der Waals surface area contributed by atoms with Crippen LogP contribution in [-0.4, -0.2) is 41.4 Å². The number of hydrogen-bond acceptors (Lipinski definition) is 5. The Hall–Kier alpha value is -3.48. The van der Waals surface area contributed by atoms with E-state index in [-0.39, 0.29) is 55.5 Å². The standard InChI is InChI=1S/C31H41NO6/c1-5-38-31(37)22(4)18-27(19-23-11-13-25(14-12-23)24-9-7-6-8-10-24)32-29(34)16-15-28(33)20-26(30(35)36)17-21(2)3/h6-14,21-22,26-27H,5,15-20H2,1-4H3,(H,32,34)(H,35,36)/t22-,26-,27+/m1/s1. The number of esters is 1. The second-order valence-corrected chi connectivity index (χ2v) is 10.3. The Kier molecular flexibility index (Phi) is 12.7. The lowest BCUT2D eigenvalue weighted by molar-refractivity contribution is -0.148. The molecule has 2 aromatic carbocycles. The minimum Gasteiger partial charge on any atom is -0.481 e. The van der Waals surface area contributed by atoms with Gasteiger partial charge < -0.3 is 15.2 Å². The smallest absolute Gasteiger partial charge is 0.308 e. The number of ketones is 1. The molecule has 0 unspecified atom stereocenters. The Morgan fingerprint density at radius 3 is 2.08 bits per heavy atom. The van der Waals surface area contributed by atoms with Crippen LogP contribution in [0.25, 0.3) is 11.1 Å². The highest BCUT2D eigenvalue weighted by Gasteiger charge is 2.24.